The Morgan fingerprint density at radius 2 is 2.07 bits per heavy atom. The molecule has 0 spiro atoms. The summed E-state index contributed by atoms with van der Waals surface area (Å²) in [6, 6.07) is 4.01. The minimum Gasteiger partial charge on any atom is -0.381 e. The van der Waals surface area contributed by atoms with Gasteiger partial charge in [0.05, 0.1) is 6.26 Å². The second kappa shape index (κ2) is 9.97. The molecule has 0 radical (unpaired) electrons. The van der Waals surface area contributed by atoms with Gasteiger partial charge in [-0.2, -0.15) is 0 Å². The highest BCUT2D eigenvalue weighted by Crippen LogP contribution is 2.24. The molecule has 29 heavy (non-hydrogen) atoms. The third kappa shape index (κ3) is 6.21. The fourth-order valence-electron chi connectivity index (χ4n) is 4.26. The highest BCUT2D eigenvalue weighted by atomic mass is 32.2. The van der Waals surface area contributed by atoms with E-state index in [-0.39, 0.29) is 11.9 Å². The van der Waals surface area contributed by atoms with Crippen LogP contribution in [-0.4, -0.2) is 86.2 Å². The molecule has 2 saturated heterocycles. The first-order valence-corrected chi connectivity index (χ1v) is 12.2. The van der Waals surface area contributed by atoms with E-state index in [2.05, 4.69) is 15.2 Å². The molecule has 1 atom stereocenters. The van der Waals surface area contributed by atoms with Crippen molar-refractivity contribution in [1.29, 1.82) is 0 Å². The fourth-order valence-corrected chi connectivity index (χ4v) is 5.16. The second-order valence-corrected chi connectivity index (χ2v) is 9.92. The second-order valence-electron chi connectivity index (χ2n) is 7.94. The quantitative estimate of drug-likeness (QED) is 0.703. The average molecular weight is 425 g/mol. The molecule has 1 aromatic heterocycles. The molecular formula is C20H32N4O4S. The molecule has 2 aliphatic heterocycles. The maximum atomic E-state index is 12.4. The number of ether oxygens (including phenoxy) is 1. The van der Waals surface area contributed by atoms with Crippen LogP contribution < -0.4 is 5.32 Å². The number of sulfonamides is 1. The van der Waals surface area contributed by atoms with Crippen LogP contribution in [0.3, 0.4) is 0 Å². The lowest BCUT2D eigenvalue weighted by Gasteiger charge is -2.43. The van der Waals surface area contributed by atoms with Gasteiger partial charge in [0.25, 0.3) is 5.91 Å². The number of rotatable bonds is 7. The number of nitrogens with zero attached hydrogens (tertiary/aromatic N) is 3. The third-order valence-electron chi connectivity index (χ3n) is 5.77. The lowest BCUT2D eigenvalue weighted by molar-refractivity contribution is 0.00673. The van der Waals surface area contributed by atoms with E-state index < -0.39 is 10.0 Å². The summed E-state index contributed by atoms with van der Waals surface area (Å²) in [7, 11) is -3.19. The van der Waals surface area contributed by atoms with Crippen LogP contribution in [0, 0.1) is 6.92 Å². The van der Waals surface area contributed by atoms with Crippen LogP contribution in [0.4, 0.5) is 0 Å². The monoisotopic (exact) mass is 424 g/mol. The van der Waals surface area contributed by atoms with E-state index in [0.29, 0.717) is 37.8 Å². The van der Waals surface area contributed by atoms with Crippen molar-refractivity contribution in [2.75, 3.05) is 45.6 Å². The van der Waals surface area contributed by atoms with Gasteiger partial charge in [-0.1, -0.05) is 0 Å². The third-order valence-corrected chi connectivity index (χ3v) is 7.04. The average Bonchev–Trinajstić information content (AvgIpc) is 2.71. The van der Waals surface area contributed by atoms with Gasteiger partial charge in [-0.3, -0.25) is 14.7 Å². The van der Waals surface area contributed by atoms with E-state index in [9.17, 15) is 13.2 Å². The van der Waals surface area contributed by atoms with Crippen molar-refractivity contribution in [2.24, 2.45) is 0 Å². The molecule has 1 amide bonds. The number of hydrogen-bond donors (Lipinski definition) is 1. The van der Waals surface area contributed by atoms with Crippen molar-refractivity contribution in [3.05, 3.63) is 29.6 Å². The van der Waals surface area contributed by atoms with Gasteiger partial charge < -0.3 is 10.1 Å². The molecule has 1 aromatic rings. The van der Waals surface area contributed by atoms with Crippen LogP contribution in [0.2, 0.25) is 0 Å². The fraction of sp³-hybridized carbons (Fsp3) is 0.700. The van der Waals surface area contributed by atoms with E-state index in [1.165, 1.54) is 6.26 Å². The van der Waals surface area contributed by atoms with Crippen LogP contribution in [0.1, 0.15) is 41.7 Å². The Kier molecular flexibility index (Phi) is 7.61. The van der Waals surface area contributed by atoms with Gasteiger partial charge in [-0.05, 0) is 44.7 Å². The van der Waals surface area contributed by atoms with Gasteiger partial charge in [0.15, 0.2) is 0 Å². The zero-order valence-corrected chi connectivity index (χ0v) is 18.2. The Labute approximate surface area is 173 Å². The number of amides is 1. The lowest BCUT2D eigenvalue weighted by atomic mass is 9.99. The molecule has 1 unspecified atom stereocenters. The molecule has 2 fully saturated rings. The minimum absolute atomic E-state index is 0.108. The van der Waals surface area contributed by atoms with Gasteiger partial charge in [0.1, 0.15) is 0 Å². The first-order valence-electron chi connectivity index (χ1n) is 10.3. The number of piperidine rings is 1. The molecule has 3 rings (SSSR count). The van der Waals surface area contributed by atoms with Crippen molar-refractivity contribution in [3.63, 3.8) is 0 Å². The Balaban J connectivity index is 1.63. The molecule has 0 saturated carbocycles. The Bertz CT molecular complexity index is 795. The largest absolute Gasteiger partial charge is 0.381 e. The standard InChI is InChI=1S/C20H32N4O4S/c1-16-14-17(5-8-21-16)20(25)22-9-11-24(18-6-12-28-13-7-18)19-4-3-10-23(15-19)29(2,26)27/h5,8,14,18-19H,3-4,6-7,9-13,15H2,1-2H3,(H,22,25). The van der Waals surface area contributed by atoms with Crippen LogP contribution in [0.15, 0.2) is 18.3 Å². The number of carbonyl (C=O) groups is 1. The maximum absolute atomic E-state index is 12.4. The Morgan fingerprint density at radius 3 is 2.76 bits per heavy atom. The van der Waals surface area contributed by atoms with Crippen LogP contribution >= 0.6 is 0 Å². The number of carbonyl (C=O) groups excluding carboxylic acids is 1. The molecule has 0 aliphatic carbocycles. The number of nitrogens with one attached hydrogen (secondary N) is 1. The summed E-state index contributed by atoms with van der Waals surface area (Å²) in [6.45, 7) is 5.65. The highest BCUT2D eigenvalue weighted by Gasteiger charge is 2.33. The Hall–Kier alpha value is -1.55. The van der Waals surface area contributed by atoms with Crippen molar-refractivity contribution in [1.82, 2.24) is 19.5 Å². The molecule has 0 bridgehead atoms. The first-order chi connectivity index (χ1) is 13.8. The van der Waals surface area contributed by atoms with Gasteiger partial charge in [-0.15, -0.1) is 0 Å². The van der Waals surface area contributed by atoms with E-state index in [0.717, 1.165) is 44.6 Å². The van der Waals surface area contributed by atoms with Gasteiger partial charge in [-0.25, -0.2) is 12.7 Å². The van der Waals surface area contributed by atoms with Crippen LogP contribution in [0.25, 0.3) is 0 Å². The van der Waals surface area contributed by atoms with Gasteiger partial charge in [0.2, 0.25) is 10.0 Å². The van der Waals surface area contributed by atoms with Gasteiger partial charge in [0, 0.05) is 68.9 Å². The van der Waals surface area contributed by atoms with Crippen molar-refractivity contribution in [2.45, 2.75) is 44.7 Å². The van der Waals surface area contributed by atoms with Crippen LogP contribution in [-0.2, 0) is 14.8 Å². The summed E-state index contributed by atoms with van der Waals surface area (Å²) in [6.07, 6.45) is 6.63. The number of aryl methyl sites for hydroxylation is 1. The molecule has 8 nitrogen and oxygen atoms in total. The van der Waals surface area contributed by atoms with Gasteiger partial charge >= 0.3 is 0 Å². The molecular weight excluding hydrogens is 392 g/mol. The molecule has 1 N–H and O–H groups in total. The molecule has 0 aromatic carbocycles. The van der Waals surface area contributed by atoms with E-state index >= 15 is 0 Å². The summed E-state index contributed by atoms with van der Waals surface area (Å²) in [5, 5.41) is 3.00. The molecule has 3 heterocycles. The highest BCUT2D eigenvalue weighted by molar-refractivity contribution is 7.88. The predicted molar refractivity (Wildman–Crippen MR) is 111 cm³/mol. The summed E-state index contributed by atoms with van der Waals surface area (Å²) in [5.74, 6) is -0.108. The van der Waals surface area contributed by atoms with E-state index in [4.69, 9.17) is 4.74 Å². The Morgan fingerprint density at radius 1 is 1.31 bits per heavy atom. The molecule has 2 aliphatic rings. The number of aromatic nitrogens is 1. The molecule has 162 valence electrons. The number of hydrogen-bond acceptors (Lipinski definition) is 6. The normalized spacial score (nSPS) is 22.0. The summed E-state index contributed by atoms with van der Waals surface area (Å²) in [5.41, 5.74) is 1.42. The van der Waals surface area contributed by atoms with Crippen LogP contribution in [0.5, 0.6) is 0 Å². The SMILES string of the molecule is Cc1cc(C(=O)NCCN(C2CCOCC2)C2CCCN(S(C)(=O)=O)C2)ccn1. The summed E-state index contributed by atoms with van der Waals surface area (Å²) < 4.78 is 31.2. The lowest BCUT2D eigenvalue weighted by Crippen LogP contribution is -2.55. The zero-order valence-electron chi connectivity index (χ0n) is 17.3. The zero-order chi connectivity index (χ0) is 20.9. The predicted octanol–water partition coefficient (Wildman–Crippen LogP) is 1.02. The minimum atomic E-state index is -3.19. The summed E-state index contributed by atoms with van der Waals surface area (Å²) in [4.78, 5) is 19.0. The smallest absolute Gasteiger partial charge is 0.251 e. The maximum Gasteiger partial charge on any atom is 0.251 e. The van der Waals surface area contributed by atoms with E-state index in [1.807, 2.05) is 6.92 Å². The van der Waals surface area contributed by atoms with Crippen molar-refractivity contribution >= 4 is 15.9 Å². The van der Waals surface area contributed by atoms with Crippen molar-refractivity contribution in [3.8, 4) is 0 Å². The number of pyridine rings is 1. The van der Waals surface area contributed by atoms with E-state index in [1.54, 1.807) is 22.6 Å². The topological polar surface area (TPSA) is 91.8 Å². The first kappa shape index (κ1) is 22.1. The van der Waals surface area contributed by atoms with Crippen molar-refractivity contribution < 1.29 is 17.9 Å². The molecule has 9 heteroatoms. The summed E-state index contributed by atoms with van der Waals surface area (Å²) >= 11 is 0.